The minimum Gasteiger partial charge on any atom is -0.497 e. The van der Waals surface area contributed by atoms with Crippen LogP contribution >= 0.6 is 0 Å². The van der Waals surface area contributed by atoms with Crippen LogP contribution in [0, 0.1) is 11.8 Å². The van der Waals surface area contributed by atoms with E-state index >= 15 is 0 Å². The Morgan fingerprint density at radius 1 is 0.714 bits per heavy atom. The van der Waals surface area contributed by atoms with E-state index in [0.29, 0.717) is 11.8 Å². The van der Waals surface area contributed by atoms with Gasteiger partial charge in [-0.15, -0.1) is 0 Å². The lowest BCUT2D eigenvalue weighted by Crippen LogP contribution is -2.36. The number of anilines is 1. The molecule has 0 saturated heterocycles. The molecule has 0 radical (unpaired) electrons. The highest BCUT2D eigenvalue weighted by Gasteiger charge is 2.47. The second kappa shape index (κ2) is 11.7. The van der Waals surface area contributed by atoms with E-state index in [1.807, 2.05) is 0 Å². The Morgan fingerprint density at radius 2 is 1.39 bits per heavy atom. The highest BCUT2D eigenvalue weighted by atomic mass is 16.5. The maximum absolute atomic E-state index is 7.61. The van der Waals surface area contributed by atoms with Crippen molar-refractivity contribution in [1.82, 2.24) is 0 Å². The Hall–Kier alpha value is -4.70. The highest BCUT2D eigenvalue weighted by Crippen LogP contribution is 2.63. The van der Waals surface area contributed by atoms with Crippen LogP contribution in [0.25, 0.3) is 28.0 Å². The van der Waals surface area contributed by atoms with Crippen molar-refractivity contribution in [3.05, 3.63) is 125 Å². The molecule has 49 heavy (non-hydrogen) atoms. The minimum absolute atomic E-state index is 0.422. The molecule has 4 nitrogen and oxygen atoms in total. The second-order valence-corrected chi connectivity index (χ2v) is 14.9. The Balaban J connectivity index is 1.32. The van der Waals surface area contributed by atoms with Crippen molar-refractivity contribution < 1.29 is 14.2 Å². The van der Waals surface area contributed by atoms with Gasteiger partial charge in [-0.25, -0.2) is 0 Å². The van der Waals surface area contributed by atoms with Gasteiger partial charge in [0.2, 0.25) is 0 Å². The first kappa shape index (κ1) is 30.4. The molecule has 1 aliphatic heterocycles. The fourth-order valence-corrected chi connectivity index (χ4v) is 9.87. The maximum Gasteiger partial charge on any atom is 0.178 e. The summed E-state index contributed by atoms with van der Waals surface area (Å²) in [5.74, 6) is 5.21. The Labute approximate surface area is 290 Å². The molecule has 0 bridgehead atoms. The summed E-state index contributed by atoms with van der Waals surface area (Å²) in [6.45, 7) is 0. The molecule has 0 N–H and O–H groups in total. The molecule has 5 aromatic rings. The Kier molecular flexibility index (Phi) is 7.26. The van der Waals surface area contributed by atoms with Crippen molar-refractivity contribution in [2.45, 2.75) is 56.0 Å². The minimum atomic E-state index is -0.788. The normalized spacial score (nSPS) is 24.8. The number of ether oxygens (including phenoxy) is 3. The first-order chi connectivity index (χ1) is 24.0. The first-order valence-corrected chi connectivity index (χ1v) is 18.1. The zero-order valence-corrected chi connectivity index (χ0v) is 29.0. The average Bonchev–Trinajstić information content (AvgIpc) is 3.16. The van der Waals surface area contributed by atoms with Crippen LogP contribution in [0.1, 0.15) is 78.2 Å². The van der Waals surface area contributed by atoms with E-state index in [9.17, 15) is 0 Å². The lowest BCUT2D eigenvalue weighted by Gasteiger charge is -2.48. The van der Waals surface area contributed by atoms with Gasteiger partial charge >= 0.3 is 0 Å². The van der Waals surface area contributed by atoms with E-state index in [1.165, 1.54) is 71.7 Å². The standard InChI is InChI=1S/C45H45NO3/c1-46(2)32-16-14-31(15-17-32)45(30-12-6-5-7-13-30)23-22-37-43-40-25-29-11-9-8-10-28(29)24-38(40)39-26-33(47-3)18-20-35(39)42(43)36-21-19-34(48-4)27-41(36)44(37)49-45/h5-7,12-23,26-29,38,40H,8-11,24-25H2,1-4H3. The fourth-order valence-electron chi connectivity index (χ4n) is 9.87. The molecule has 4 aliphatic rings. The van der Waals surface area contributed by atoms with E-state index in [-0.39, 0.29) is 0 Å². The van der Waals surface area contributed by atoms with Crippen LogP contribution in [0.2, 0.25) is 0 Å². The zero-order chi connectivity index (χ0) is 33.3. The highest BCUT2D eigenvalue weighted by molar-refractivity contribution is 6.07. The molecule has 0 amide bonds. The van der Waals surface area contributed by atoms with Crippen molar-refractivity contribution in [1.29, 1.82) is 0 Å². The summed E-state index contributed by atoms with van der Waals surface area (Å²) in [7, 11) is 7.71. The van der Waals surface area contributed by atoms with Crippen LogP contribution in [0.3, 0.4) is 0 Å². The van der Waals surface area contributed by atoms with Gasteiger partial charge in [-0.1, -0.05) is 80.3 Å². The predicted octanol–water partition coefficient (Wildman–Crippen LogP) is 10.7. The quantitative estimate of drug-likeness (QED) is 0.190. The van der Waals surface area contributed by atoms with Crippen LogP contribution in [-0.2, 0) is 5.60 Å². The summed E-state index contributed by atoms with van der Waals surface area (Å²) < 4.78 is 19.3. The van der Waals surface area contributed by atoms with E-state index in [1.54, 1.807) is 14.2 Å². The number of methoxy groups -OCH3 is 2. The van der Waals surface area contributed by atoms with E-state index in [0.717, 1.165) is 51.3 Å². The third kappa shape index (κ3) is 4.70. The van der Waals surface area contributed by atoms with Gasteiger partial charge in [0.05, 0.1) is 14.2 Å². The van der Waals surface area contributed by atoms with Crippen LogP contribution < -0.4 is 19.1 Å². The summed E-state index contributed by atoms with van der Waals surface area (Å²) >= 11 is 0. The lowest BCUT2D eigenvalue weighted by atomic mass is 9.56. The summed E-state index contributed by atoms with van der Waals surface area (Å²) in [6.07, 6.45) is 12.7. The Bertz CT molecular complexity index is 2080. The number of nitrogens with zero attached hydrogens (tertiary/aromatic N) is 1. The third-order valence-electron chi connectivity index (χ3n) is 12.3. The molecule has 9 rings (SSSR count). The molecule has 0 aromatic heterocycles. The molecule has 248 valence electrons. The predicted molar refractivity (Wildman–Crippen MR) is 200 cm³/mol. The van der Waals surface area contributed by atoms with E-state index < -0.39 is 5.60 Å². The molecular formula is C45H45NO3. The number of fused-ring (bicyclic) bond motifs is 12. The second-order valence-electron chi connectivity index (χ2n) is 14.9. The monoisotopic (exact) mass is 647 g/mol. The number of benzene rings is 5. The number of hydrogen-bond acceptors (Lipinski definition) is 4. The van der Waals surface area contributed by atoms with Gasteiger partial charge in [-0.05, 0) is 113 Å². The average molecular weight is 648 g/mol. The number of hydrogen-bond donors (Lipinski definition) is 0. The summed E-state index contributed by atoms with van der Waals surface area (Å²) in [4.78, 5) is 2.14. The van der Waals surface area contributed by atoms with Gasteiger partial charge in [0, 0.05) is 41.9 Å². The zero-order valence-electron chi connectivity index (χ0n) is 29.0. The summed E-state index contributed by atoms with van der Waals surface area (Å²) in [5, 5.41) is 2.32. The molecule has 0 spiro atoms. The van der Waals surface area contributed by atoms with Crippen LogP contribution in [0.5, 0.6) is 17.2 Å². The van der Waals surface area contributed by atoms with E-state index in [2.05, 4.69) is 122 Å². The van der Waals surface area contributed by atoms with Crippen molar-refractivity contribution in [2.75, 3.05) is 33.2 Å². The molecule has 1 heterocycles. The van der Waals surface area contributed by atoms with Gasteiger partial charge in [0.1, 0.15) is 17.2 Å². The lowest BCUT2D eigenvalue weighted by molar-refractivity contribution is 0.136. The maximum atomic E-state index is 7.61. The molecule has 5 aromatic carbocycles. The smallest absolute Gasteiger partial charge is 0.178 e. The Morgan fingerprint density at radius 3 is 2.10 bits per heavy atom. The van der Waals surface area contributed by atoms with Gasteiger partial charge in [0.15, 0.2) is 5.60 Å². The van der Waals surface area contributed by atoms with Crippen LogP contribution in [0.15, 0.2) is 97.1 Å². The van der Waals surface area contributed by atoms with E-state index in [4.69, 9.17) is 14.2 Å². The van der Waals surface area contributed by atoms with Crippen LogP contribution in [0.4, 0.5) is 5.69 Å². The fraction of sp³-hybridized carbons (Fsp3) is 0.333. The van der Waals surface area contributed by atoms with Crippen molar-refractivity contribution >= 4 is 22.5 Å². The van der Waals surface area contributed by atoms with Crippen molar-refractivity contribution in [2.24, 2.45) is 11.8 Å². The first-order valence-electron chi connectivity index (χ1n) is 18.1. The van der Waals surface area contributed by atoms with Crippen LogP contribution in [-0.4, -0.2) is 28.3 Å². The molecular weight excluding hydrogens is 602 g/mol. The van der Waals surface area contributed by atoms with Gasteiger partial charge in [-0.2, -0.15) is 0 Å². The van der Waals surface area contributed by atoms with Gasteiger partial charge in [0.25, 0.3) is 0 Å². The van der Waals surface area contributed by atoms with Gasteiger partial charge < -0.3 is 19.1 Å². The summed E-state index contributed by atoms with van der Waals surface area (Å²) in [5.41, 5.74) is 9.47. The number of rotatable bonds is 5. The summed E-state index contributed by atoms with van der Waals surface area (Å²) in [6, 6.07) is 32.9. The van der Waals surface area contributed by atoms with Crippen molar-refractivity contribution in [3.63, 3.8) is 0 Å². The molecule has 3 aliphatic carbocycles. The third-order valence-corrected chi connectivity index (χ3v) is 12.3. The van der Waals surface area contributed by atoms with Gasteiger partial charge in [-0.3, -0.25) is 0 Å². The molecule has 2 saturated carbocycles. The van der Waals surface area contributed by atoms with Crippen molar-refractivity contribution in [3.8, 4) is 28.4 Å². The SMILES string of the molecule is COc1ccc2c(c1)C1CC3CCCCC3CC1c1c3c(c4cc(OC)ccc4c1-2)OC(c1ccccc1)(c1ccc(N(C)C)cc1)C=C3. The molecule has 5 unspecified atom stereocenters. The molecule has 4 heteroatoms. The topological polar surface area (TPSA) is 30.9 Å². The largest absolute Gasteiger partial charge is 0.497 e. The molecule has 2 fully saturated rings. The molecule has 5 atom stereocenters.